The summed E-state index contributed by atoms with van der Waals surface area (Å²) in [6, 6.07) is 4.64. The summed E-state index contributed by atoms with van der Waals surface area (Å²) in [4.78, 5) is 9.33. The van der Waals surface area contributed by atoms with E-state index in [1.807, 2.05) is 0 Å². The zero-order valence-corrected chi connectivity index (χ0v) is 11.5. The molecule has 4 rings (SSSR count). The van der Waals surface area contributed by atoms with E-state index in [2.05, 4.69) is 10.3 Å². The molecule has 1 aliphatic carbocycles. The minimum atomic E-state index is -0.416. The molecule has 2 aliphatic rings. The fourth-order valence-corrected chi connectivity index (χ4v) is 2.83. The fourth-order valence-electron chi connectivity index (χ4n) is 2.65. The molecule has 1 aromatic carbocycles. The maximum atomic E-state index is 13.3. The minimum absolute atomic E-state index is 0.109. The average molecular weight is 290 g/mol. The standard InChI is InChI=1S/C15H13ClFN3/c16-11-5-9(3-4-12(11)17)15-19-13-7-18-6-10(13)14(20-15)8-1-2-8/h3-5,8,18H,1-2,6-7H2. The molecule has 0 bridgehead atoms. The lowest BCUT2D eigenvalue weighted by atomic mass is 10.1. The van der Waals surface area contributed by atoms with Gasteiger partial charge in [0, 0.05) is 30.1 Å². The van der Waals surface area contributed by atoms with Gasteiger partial charge in [-0.15, -0.1) is 0 Å². The van der Waals surface area contributed by atoms with E-state index in [1.54, 1.807) is 12.1 Å². The first-order chi connectivity index (χ1) is 9.72. The lowest BCUT2D eigenvalue weighted by Gasteiger charge is -2.09. The summed E-state index contributed by atoms with van der Waals surface area (Å²) < 4.78 is 13.3. The molecule has 5 heteroatoms. The average Bonchev–Trinajstić information content (AvgIpc) is 3.18. The Morgan fingerprint density at radius 3 is 2.80 bits per heavy atom. The van der Waals surface area contributed by atoms with Gasteiger partial charge in [0.1, 0.15) is 5.82 Å². The van der Waals surface area contributed by atoms with Crippen LogP contribution in [0.4, 0.5) is 4.39 Å². The number of fused-ring (bicyclic) bond motifs is 1. The highest BCUT2D eigenvalue weighted by Gasteiger charge is 2.31. The van der Waals surface area contributed by atoms with E-state index in [9.17, 15) is 4.39 Å². The van der Waals surface area contributed by atoms with E-state index in [-0.39, 0.29) is 5.02 Å². The predicted molar refractivity (Wildman–Crippen MR) is 75.0 cm³/mol. The quantitative estimate of drug-likeness (QED) is 0.920. The van der Waals surface area contributed by atoms with E-state index < -0.39 is 5.82 Å². The van der Waals surface area contributed by atoms with Crippen molar-refractivity contribution < 1.29 is 4.39 Å². The van der Waals surface area contributed by atoms with Gasteiger partial charge in [-0.1, -0.05) is 11.6 Å². The van der Waals surface area contributed by atoms with Crippen molar-refractivity contribution in [1.82, 2.24) is 15.3 Å². The summed E-state index contributed by atoms with van der Waals surface area (Å²) in [6.07, 6.45) is 2.40. The van der Waals surface area contributed by atoms with Crippen LogP contribution in [-0.2, 0) is 13.1 Å². The maximum absolute atomic E-state index is 13.3. The molecule has 0 radical (unpaired) electrons. The molecule has 2 aromatic rings. The van der Waals surface area contributed by atoms with Gasteiger partial charge in [-0.25, -0.2) is 14.4 Å². The van der Waals surface area contributed by atoms with Crippen LogP contribution in [0.25, 0.3) is 11.4 Å². The van der Waals surface area contributed by atoms with Crippen LogP contribution in [-0.4, -0.2) is 9.97 Å². The van der Waals surface area contributed by atoms with Gasteiger partial charge >= 0.3 is 0 Å². The van der Waals surface area contributed by atoms with E-state index >= 15 is 0 Å². The number of halogens is 2. The first-order valence-electron chi connectivity index (χ1n) is 6.78. The van der Waals surface area contributed by atoms with Crippen LogP contribution in [0.5, 0.6) is 0 Å². The van der Waals surface area contributed by atoms with Gasteiger partial charge in [-0.3, -0.25) is 0 Å². The van der Waals surface area contributed by atoms with E-state index in [0.29, 0.717) is 11.7 Å². The van der Waals surface area contributed by atoms with Crippen molar-refractivity contribution in [3.63, 3.8) is 0 Å². The lowest BCUT2D eigenvalue weighted by molar-refractivity contribution is 0.628. The molecule has 102 valence electrons. The second-order valence-electron chi connectivity index (χ2n) is 5.36. The van der Waals surface area contributed by atoms with Gasteiger partial charge in [0.05, 0.1) is 16.4 Å². The van der Waals surface area contributed by atoms with Crippen molar-refractivity contribution in [2.45, 2.75) is 31.8 Å². The molecule has 0 atom stereocenters. The second kappa shape index (κ2) is 4.50. The first kappa shape index (κ1) is 12.2. The van der Waals surface area contributed by atoms with E-state index in [0.717, 1.165) is 30.0 Å². The summed E-state index contributed by atoms with van der Waals surface area (Å²) >= 11 is 5.85. The zero-order valence-electron chi connectivity index (χ0n) is 10.8. The SMILES string of the molecule is Fc1ccc(-c2nc3c(c(C4CC4)n2)CNC3)cc1Cl. The third-order valence-electron chi connectivity index (χ3n) is 3.86. The Morgan fingerprint density at radius 2 is 2.05 bits per heavy atom. The van der Waals surface area contributed by atoms with Crippen molar-refractivity contribution in [2.75, 3.05) is 0 Å². The lowest BCUT2D eigenvalue weighted by Crippen LogP contribution is -2.02. The van der Waals surface area contributed by atoms with Gasteiger partial charge in [0.2, 0.25) is 0 Å². The van der Waals surface area contributed by atoms with Gasteiger partial charge in [0.15, 0.2) is 5.82 Å². The molecule has 2 heterocycles. The zero-order chi connectivity index (χ0) is 13.7. The van der Waals surface area contributed by atoms with Crippen LogP contribution >= 0.6 is 11.6 Å². The van der Waals surface area contributed by atoms with Gasteiger partial charge in [0.25, 0.3) is 0 Å². The van der Waals surface area contributed by atoms with E-state index in [1.165, 1.54) is 24.5 Å². The molecular weight excluding hydrogens is 277 g/mol. The second-order valence-corrected chi connectivity index (χ2v) is 5.77. The number of rotatable bonds is 2. The maximum Gasteiger partial charge on any atom is 0.159 e. The van der Waals surface area contributed by atoms with Crippen LogP contribution in [0, 0.1) is 5.82 Å². The smallest absolute Gasteiger partial charge is 0.159 e. The topological polar surface area (TPSA) is 37.8 Å². The van der Waals surface area contributed by atoms with Crippen LogP contribution < -0.4 is 5.32 Å². The molecule has 0 spiro atoms. The number of hydrogen-bond acceptors (Lipinski definition) is 3. The van der Waals surface area contributed by atoms with Crippen molar-refractivity contribution >= 4 is 11.6 Å². The summed E-state index contributed by atoms with van der Waals surface area (Å²) in [5, 5.41) is 3.43. The van der Waals surface area contributed by atoms with Crippen LogP contribution in [0.3, 0.4) is 0 Å². The van der Waals surface area contributed by atoms with Crippen molar-refractivity contribution in [2.24, 2.45) is 0 Å². The van der Waals surface area contributed by atoms with Crippen molar-refractivity contribution in [3.05, 3.63) is 46.0 Å². The third-order valence-corrected chi connectivity index (χ3v) is 4.15. The minimum Gasteiger partial charge on any atom is -0.307 e. The predicted octanol–water partition coefficient (Wildman–Crippen LogP) is 3.42. The number of hydrogen-bond donors (Lipinski definition) is 1. The summed E-state index contributed by atoms with van der Waals surface area (Å²) in [7, 11) is 0. The molecular formula is C15H13ClFN3. The summed E-state index contributed by atoms with van der Waals surface area (Å²) in [5.74, 6) is 0.804. The highest BCUT2D eigenvalue weighted by atomic mass is 35.5. The molecule has 1 N–H and O–H groups in total. The Balaban J connectivity index is 1.85. The highest BCUT2D eigenvalue weighted by Crippen LogP contribution is 2.42. The molecule has 1 aromatic heterocycles. The van der Waals surface area contributed by atoms with Crippen molar-refractivity contribution in [3.8, 4) is 11.4 Å². The van der Waals surface area contributed by atoms with Gasteiger partial charge < -0.3 is 5.32 Å². The summed E-state index contributed by atoms with van der Waals surface area (Å²) in [6.45, 7) is 1.63. The fraction of sp³-hybridized carbons (Fsp3) is 0.333. The molecule has 20 heavy (non-hydrogen) atoms. The van der Waals surface area contributed by atoms with Gasteiger partial charge in [-0.2, -0.15) is 0 Å². The van der Waals surface area contributed by atoms with E-state index in [4.69, 9.17) is 16.6 Å². The Kier molecular flexibility index (Phi) is 2.75. The normalized spacial score (nSPS) is 17.3. The first-order valence-corrected chi connectivity index (χ1v) is 7.16. The van der Waals surface area contributed by atoms with Crippen LogP contribution in [0.1, 0.15) is 35.7 Å². The molecule has 3 nitrogen and oxygen atoms in total. The van der Waals surface area contributed by atoms with Crippen molar-refractivity contribution in [1.29, 1.82) is 0 Å². The molecule has 1 aliphatic heterocycles. The Hall–Kier alpha value is -1.52. The monoisotopic (exact) mass is 289 g/mol. The molecule has 0 unspecified atom stereocenters. The number of aromatic nitrogens is 2. The molecule has 0 saturated heterocycles. The van der Waals surface area contributed by atoms with Crippen LogP contribution in [0.2, 0.25) is 5.02 Å². The third kappa shape index (κ3) is 2.00. The Morgan fingerprint density at radius 1 is 1.20 bits per heavy atom. The Labute approximate surface area is 121 Å². The highest BCUT2D eigenvalue weighted by molar-refractivity contribution is 6.31. The molecule has 0 amide bonds. The molecule has 1 fully saturated rings. The largest absolute Gasteiger partial charge is 0.307 e. The summed E-state index contributed by atoms with van der Waals surface area (Å²) in [5.41, 5.74) is 4.25. The van der Waals surface area contributed by atoms with Crippen LogP contribution in [0.15, 0.2) is 18.2 Å². The Bertz CT molecular complexity index is 698. The number of nitrogens with zero attached hydrogens (tertiary/aromatic N) is 2. The number of nitrogens with one attached hydrogen (secondary N) is 1. The molecule has 1 saturated carbocycles. The van der Waals surface area contributed by atoms with Gasteiger partial charge in [-0.05, 0) is 31.0 Å². The number of benzene rings is 1.